The quantitative estimate of drug-likeness (QED) is 0.436. The van der Waals surface area contributed by atoms with E-state index in [0.29, 0.717) is 25.7 Å². The van der Waals surface area contributed by atoms with Gasteiger partial charge in [0, 0.05) is 0 Å². The van der Waals surface area contributed by atoms with Crippen LogP contribution in [-0.2, 0) is 31.9 Å². The molecule has 2 fully saturated rings. The van der Waals surface area contributed by atoms with Gasteiger partial charge < -0.3 is 9.11 Å². The minimum absolute atomic E-state index is 0.352. The highest BCUT2D eigenvalue weighted by atomic mass is 32.2. The Morgan fingerprint density at radius 3 is 1.20 bits per heavy atom. The molecule has 0 spiro atoms. The normalized spacial score (nSPS) is 28.7. The molecule has 8 heteroatoms. The van der Waals surface area contributed by atoms with Crippen molar-refractivity contribution in [1.82, 2.24) is 0 Å². The summed E-state index contributed by atoms with van der Waals surface area (Å²) in [7, 11) is 0. The van der Waals surface area contributed by atoms with Crippen molar-refractivity contribution in [2.24, 2.45) is 0 Å². The van der Waals surface area contributed by atoms with E-state index in [-0.39, 0.29) is 0 Å². The summed E-state index contributed by atoms with van der Waals surface area (Å²) < 4.78 is 45.9. The Kier molecular flexibility index (Phi) is 5.72. The summed E-state index contributed by atoms with van der Waals surface area (Å²) in [5.74, 6) is 0. The van der Waals surface area contributed by atoms with Gasteiger partial charge in [-0.3, -0.25) is 8.42 Å². The molecule has 0 aromatic carbocycles. The van der Waals surface area contributed by atoms with Crippen LogP contribution in [0.3, 0.4) is 0 Å². The predicted octanol–water partition coefficient (Wildman–Crippen LogP) is 2.01. The van der Waals surface area contributed by atoms with E-state index in [9.17, 15) is 17.5 Å². The van der Waals surface area contributed by atoms with Crippen LogP contribution in [0.2, 0.25) is 0 Å². The van der Waals surface area contributed by atoms with Gasteiger partial charge in [0.05, 0.1) is 0 Å². The number of hydrogen-bond donors (Lipinski definition) is 0. The van der Waals surface area contributed by atoms with Crippen LogP contribution < -0.4 is 0 Å². The molecule has 2 rings (SSSR count). The third-order valence-corrected chi connectivity index (χ3v) is 6.35. The van der Waals surface area contributed by atoms with E-state index < -0.39 is 32.0 Å². The van der Waals surface area contributed by atoms with Crippen molar-refractivity contribution in [1.29, 1.82) is 0 Å². The summed E-state index contributed by atoms with van der Waals surface area (Å²) in [5.41, 5.74) is 0. The van der Waals surface area contributed by atoms with Gasteiger partial charge in [0.25, 0.3) is 0 Å². The maximum atomic E-state index is 11.5. The molecule has 2 aliphatic carbocycles. The Morgan fingerprint density at radius 1 is 0.650 bits per heavy atom. The van der Waals surface area contributed by atoms with E-state index in [1.54, 1.807) is 0 Å². The molecule has 2 atom stereocenters. The van der Waals surface area contributed by atoms with Crippen LogP contribution in [0.15, 0.2) is 0 Å². The maximum Gasteiger partial charge on any atom is 0.164 e. The summed E-state index contributed by atoms with van der Waals surface area (Å²) in [5, 5.41) is 0. The monoisotopic (exact) mass is 324 g/mol. The van der Waals surface area contributed by atoms with E-state index in [1.807, 2.05) is 0 Å². The average molecular weight is 324 g/mol. The van der Waals surface area contributed by atoms with Crippen molar-refractivity contribution in [2.45, 2.75) is 74.1 Å². The van der Waals surface area contributed by atoms with Crippen molar-refractivity contribution >= 4 is 22.2 Å². The van der Waals surface area contributed by atoms with Gasteiger partial charge in [0.1, 0.15) is 0 Å². The van der Waals surface area contributed by atoms with Crippen molar-refractivity contribution in [3.05, 3.63) is 0 Å². The first-order valence-electron chi connectivity index (χ1n) is 7.06. The third-order valence-electron chi connectivity index (χ3n) is 4.18. The summed E-state index contributed by atoms with van der Waals surface area (Å²) in [4.78, 5) is 7.69. The van der Waals surface area contributed by atoms with Gasteiger partial charge in [-0.25, -0.2) is 9.78 Å². The molecule has 20 heavy (non-hydrogen) atoms. The van der Waals surface area contributed by atoms with E-state index >= 15 is 0 Å². The Labute approximate surface area is 124 Å². The van der Waals surface area contributed by atoms with Gasteiger partial charge in [-0.1, -0.05) is 12.8 Å². The van der Waals surface area contributed by atoms with Crippen molar-refractivity contribution < 1.29 is 27.3 Å². The lowest BCUT2D eigenvalue weighted by molar-refractivity contribution is -0.382. The second-order valence-corrected chi connectivity index (χ2v) is 8.01. The molecule has 2 saturated carbocycles. The molecule has 0 radical (unpaired) electrons. The Bertz CT molecular complexity index is 338. The standard InChI is InChI=1S/C12H22O6S2/c13-19(14)11(7-3-1-4-8-11)17-18-12(20(15)16)9-5-2-6-10-12/h1-10H2,(H,13,14)(H,15,16)/p-2. The molecule has 0 heterocycles. The predicted molar refractivity (Wildman–Crippen MR) is 71.6 cm³/mol. The van der Waals surface area contributed by atoms with Crippen LogP contribution >= 0.6 is 0 Å². The summed E-state index contributed by atoms with van der Waals surface area (Å²) in [6, 6.07) is 0. The highest BCUT2D eigenvalue weighted by Crippen LogP contribution is 2.39. The van der Waals surface area contributed by atoms with Crippen LogP contribution in [0.5, 0.6) is 0 Å². The highest BCUT2D eigenvalue weighted by molar-refractivity contribution is 7.80. The van der Waals surface area contributed by atoms with Crippen LogP contribution in [0, 0.1) is 0 Å². The lowest BCUT2D eigenvalue weighted by Gasteiger charge is -2.43. The second-order valence-electron chi connectivity index (χ2n) is 5.58. The fourth-order valence-corrected chi connectivity index (χ4v) is 4.31. The van der Waals surface area contributed by atoms with Crippen LogP contribution in [-0.4, -0.2) is 27.4 Å². The van der Waals surface area contributed by atoms with Crippen LogP contribution in [0.1, 0.15) is 64.2 Å². The molecule has 0 aliphatic heterocycles. The Balaban J connectivity index is 2.07. The van der Waals surface area contributed by atoms with E-state index in [1.165, 1.54) is 0 Å². The van der Waals surface area contributed by atoms with E-state index in [4.69, 9.17) is 9.78 Å². The molecule has 0 aromatic heterocycles. The van der Waals surface area contributed by atoms with Crippen LogP contribution in [0.4, 0.5) is 0 Å². The molecule has 118 valence electrons. The molecular weight excluding hydrogens is 304 g/mol. The van der Waals surface area contributed by atoms with Gasteiger partial charge >= 0.3 is 0 Å². The summed E-state index contributed by atoms with van der Waals surface area (Å²) in [6.07, 6.45) is 6.29. The molecule has 2 aliphatic rings. The maximum absolute atomic E-state index is 11.5. The van der Waals surface area contributed by atoms with Gasteiger partial charge in [0.15, 0.2) is 9.87 Å². The van der Waals surface area contributed by atoms with Gasteiger partial charge in [-0.2, -0.15) is 0 Å². The molecule has 0 aromatic rings. The smallest absolute Gasteiger partial charge is 0.164 e. The molecular formula is C12H20O6S2-2. The molecule has 2 unspecified atom stereocenters. The first-order valence-corrected chi connectivity index (χ1v) is 9.21. The summed E-state index contributed by atoms with van der Waals surface area (Å²) >= 11 is -4.89. The Hall–Kier alpha value is 0.140. The van der Waals surface area contributed by atoms with Crippen molar-refractivity contribution in [2.75, 3.05) is 0 Å². The molecule has 0 bridgehead atoms. The minimum Gasteiger partial charge on any atom is -0.770 e. The summed E-state index contributed by atoms with van der Waals surface area (Å²) in [6.45, 7) is 0. The SMILES string of the molecule is O=S([O-])C1(OOC2(S(=O)[O-])CCCCC2)CCCCC1. The molecule has 0 N–H and O–H groups in total. The lowest BCUT2D eigenvalue weighted by atomic mass is 9.97. The number of rotatable bonds is 5. The van der Waals surface area contributed by atoms with Gasteiger partial charge in [-0.05, 0) is 73.5 Å². The Morgan fingerprint density at radius 2 is 0.950 bits per heavy atom. The zero-order chi connectivity index (χ0) is 14.6. The zero-order valence-electron chi connectivity index (χ0n) is 11.3. The fourth-order valence-electron chi connectivity index (χ4n) is 2.89. The zero-order valence-corrected chi connectivity index (χ0v) is 13.0. The minimum atomic E-state index is -2.44. The van der Waals surface area contributed by atoms with Gasteiger partial charge in [0.2, 0.25) is 0 Å². The molecule has 0 amide bonds. The number of hydrogen-bond acceptors (Lipinski definition) is 6. The van der Waals surface area contributed by atoms with Crippen LogP contribution in [0.25, 0.3) is 0 Å². The second kappa shape index (κ2) is 6.93. The van der Waals surface area contributed by atoms with Crippen molar-refractivity contribution in [3.8, 4) is 0 Å². The van der Waals surface area contributed by atoms with Crippen molar-refractivity contribution in [3.63, 3.8) is 0 Å². The fraction of sp³-hybridized carbons (Fsp3) is 1.00. The molecule has 0 saturated heterocycles. The van der Waals surface area contributed by atoms with Gasteiger partial charge in [-0.15, -0.1) is 0 Å². The highest BCUT2D eigenvalue weighted by Gasteiger charge is 2.42. The first kappa shape index (κ1) is 16.5. The third kappa shape index (κ3) is 3.48. The average Bonchev–Trinajstić information content (AvgIpc) is 2.47. The topological polar surface area (TPSA) is 98.7 Å². The molecule has 6 nitrogen and oxygen atoms in total. The van der Waals surface area contributed by atoms with E-state index in [0.717, 1.165) is 38.5 Å². The lowest BCUT2D eigenvalue weighted by Crippen LogP contribution is -2.46. The first-order chi connectivity index (χ1) is 9.51. The largest absolute Gasteiger partial charge is 0.770 e. The van der Waals surface area contributed by atoms with E-state index in [2.05, 4.69) is 0 Å².